The monoisotopic (exact) mass is 280 g/mol. The summed E-state index contributed by atoms with van der Waals surface area (Å²) in [5.74, 6) is 0.674. The molecule has 4 nitrogen and oxygen atoms in total. The number of thiocarbonyl (C=S) groups is 1. The van der Waals surface area contributed by atoms with Crippen LogP contribution >= 0.6 is 23.8 Å². The topological polar surface area (TPSA) is 52.7 Å². The van der Waals surface area contributed by atoms with Crippen molar-refractivity contribution in [3.63, 3.8) is 0 Å². The summed E-state index contributed by atoms with van der Waals surface area (Å²) in [6.45, 7) is 3.91. The molecule has 0 aliphatic heterocycles. The standard InChI is InChI=1S/C12H13ClN4S/c1-7-3-4-10(9(13)5-7)14-12(18)15-11-6-8(2)16-17-11/h3-6H,1-2H3,(H3,14,15,16,17,18). The molecular weight excluding hydrogens is 268 g/mol. The van der Waals surface area contributed by atoms with E-state index in [4.69, 9.17) is 23.8 Å². The van der Waals surface area contributed by atoms with Gasteiger partial charge >= 0.3 is 0 Å². The summed E-state index contributed by atoms with van der Waals surface area (Å²) in [7, 11) is 0. The first kappa shape index (κ1) is 12.9. The number of halogens is 1. The average molecular weight is 281 g/mol. The second-order valence-corrected chi connectivity index (χ2v) is 4.81. The molecule has 0 spiro atoms. The molecule has 0 aliphatic rings. The molecule has 0 bridgehead atoms. The van der Waals surface area contributed by atoms with Gasteiger partial charge in [0.25, 0.3) is 0 Å². The number of H-pyrrole nitrogens is 1. The van der Waals surface area contributed by atoms with E-state index in [0.29, 0.717) is 16.0 Å². The van der Waals surface area contributed by atoms with Crippen LogP contribution in [0.3, 0.4) is 0 Å². The number of aromatic amines is 1. The van der Waals surface area contributed by atoms with Gasteiger partial charge in [-0.05, 0) is 43.8 Å². The van der Waals surface area contributed by atoms with Crippen molar-refractivity contribution >= 4 is 40.4 Å². The fourth-order valence-electron chi connectivity index (χ4n) is 1.47. The molecule has 1 aromatic carbocycles. The van der Waals surface area contributed by atoms with Gasteiger partial charge < -0.3 is 10.6 Å². The lowest BCUT2D eigenvalue weighted by Crippen LogP contribution is -2.19. The van der Waals surface area contributed by atoms with E-state index in [0.717, 1.165) is 16.9 Å². The highest BCUT2D eigenvalue weighted by atomic mass is 35.5. The lowest BCUT2D eigenvalue weighted by molar-refractivity contribution is 1.05. The van der Waals surface area contributed by atoms with Gasteiger partial charge in [-0.1, -0.05) is 17.7 Å². The number of aromatic nitrogens is 2. The Labute approximate surface area is 116 Å². The molecule has 2 rings (SSSR count). The maximum absolute atomic E-state index is 6.11. The van der Waals surface area contributed by atoms with Gasteiger partial charge in [0.1, 0.15) is 0 Å². The first-order valence-electron chi connectivity index (χ1n) is 5.41. The number of anilines is 2. The van der Waals surface area contributed by atoms with Crippen molar-refractivity contribution in [2.24, 2.45) is 0 Å². The third-order valence-corrected chi connectivity index (χ3v) is 2.84. The minimum absolute atomic E-state index is 0.451. The second-order valence-electron chi connectivity index (χ2n) is 4.00. The fourth-order valence-corrected chi connectivity index (χ4v) is 1.97. The molecule has 0 saturated carbocycles. The molecule has 94 valence electrons. The zero-order valence-electron chi connectivity index (χ0n) is 10.0. The molecular formula is C12H13ClN4S. The maximum Gasteiger partial charge on any atom is 0.176 e. The number of nitrogens with one attached hydrogen (secondary N) is 3. The molecule has 18 heavy (non-hydrogen) atoms. The van der Waals surface area contributed by atoms with Gasteiger partial charge in [0.05, 0.1) is 10.7 Å². The van der Waals surface area contributed by atoms with E-state index in [9.17, 15) is 0 Å². The summed E-state index contributed by atoms with van der Waals surface area (Å²) < 4.78 is 0. The van der Waals surface area contributed by atoms with Crippen LogP contribution in [0.1, 0.15) is 11.3 Å². The average Bonchev–Trinajstić information content (AvgIpc) is 2.68. The van der Waals surface area contributed by atoms with Crippen LogP contribution in [0.2, 0.25) is 5.02 Å². The Kier molecular flexibility index (Phi) is 3.84. The van der Waals surface area contributed by atoms with Gasteiger partial charge in [-0.2, -0.15) is 5.10 Å². The quantitative estimate of drug-likeness (QED) is 0.737. The van der Waals surface area contributed by atoms with Crippen molar-refractivity contribution in [1.82, 2.24) is 10.2 Å². The van der Waals surface area contributed by atoms with Crippen LogP contribution in [0.5, 0.6) is 0 Å². The van der Waals surface area contributed by atoms with Crippen molar-refractivity contribution in [3.8, 4) is 0 Å². The van der Waals surface area contributed by atoms with Crippen LogP contribution in [-0.4, -0.2) is 15.3 Å². The van der Waals surface area contributed by atoms with E-state index >= 15 is 0 Å². The minimum Gasteiger partial charge on any atom is -0.331 e. The van der Waals surface area contributed by atoms with Crippen molar-refractivity contribution < 1.29 is 0 Å². The van der Waals surface area contributed by atoms with Gasteiger partial charge in [0.15, 0.2) is 10.9 Å². The molecule has 0 radical (unpaired) electrons. The Hall–Kier alpha value is -1.59. The van der Waals surface area contributed by atoms with Crippen LogP contribution in [-0.2, 0) is 0 Å². The van der Waals surface area contributed by atoms with E-state index in [2.05, 4.69) is 20.8 Å². The SMILES string of the molecule is Cc1ccc(NC(=S)Nc2cc(C)[nH]n2)c(Cl)c1. The van der Waals surface area contributed by atoms with Crippen LogP contribution in [0.25, 0.3) is 0 Å². The number of aryl methyl sites for hydroxylation is 2. The summed E-state index contributed by atoms with van der Waals surface area (Å²) in [6.07, 6.45) is 0. The van der Waals surface area contributed by atoms with Crippen molar-refractivity contribution in [2.75, 3.05) is 10.6 Å². The summed E-state index contributed by atoms with van der Waals surface area (Å²) in [5, 5.41) is 14.0. The Morgan fingerprint density at radius 2 is 2.06 bits per heavy atom. The highest BCUT2D eigenvalue weighted by Crippen LogP contribution is 2.22. The molecule has 0 fully saturated rings. The summed E-state index contributed by atoms with van der Waals surface area (Å²) in [4.78, 5) is 0. The third-order valence-electron chi connectivity index (χ3n) is 2.32. The number of rotatable bonds is 2. The van der Waals surface area contributed by atoms with E-state index in [1.54, 1.807) is 0 Å². The maximum atomic E-state index is 6.11. The Balaban J connectivity index is 2.03. The summed E-state index contributed by atoms with van der Waals surface area (Å²) in [5.41, 5.74) is 2.84. The van der Waals surface area contributed by atoms with Crippen LogP contribution in [0.15, 0.2) is 24.3 Å². The Morgan fingerprint density at radius 1 is 1.28 bits per heavy atom. The predicted molar refractivity (Wildman–Crippen MR) is 79.4 cm³/mol. The number of hydrogen-bond donors (Lipinski definition) is 3. The van der Waals surface area contributed by atoms with Gasteiger partial charge in [0.2, 0.25) is 0 Å². The minimum atomic E-state index is 0.451. The molecule has 3 N–H and O–H groups in total. The molecule has 6 heteroatoms. The first-order chi connectivity index (χ1) is 8.54. The lowest BCUT2D eigenvalue weighted by atomic mass is 10.2. The normalized spacial score (nSPS) is 10.2. The second kappa shape index (κ2) is 5.37. The Morgan fingerprint density at radius 3 is 2.67 bits per heavy atom. The van der Waals surface area contributed by atoms with Crippen LogP contribution < -0.4 is 10.6 Å². The molecule has 1 heterocycles. The van der Waals surface area contributed by atoms with Crippen LogP contribution in [0.4, 0.5) is 11.5 Å². The highest BCUT2D eigenvalue weighted by molar-refractivity contribution is 7.80. The zero-order valence-corrected chi connectivity index (χ0v) is 11.6. The lowest BCUT2D eigenvalue weighted by Gasteiger charge is -2.10. The summed E-state index contributed by atoms with van der Waals surface area (Å²) in [6, 6.07) is 7.60. The molecule has 2 aromatic rings. The van der Waals surface area contributed by atoms with E-state index in [-0.39, 0.29) is 0 Å². The van der Waals surface area contributed by atoms with E-state index in [1.165, 1.54) is 0 Å². The highest BCUT2D eigenvalue weighted by Gasteiger charge is 2.04. The van der Waals surface area contributed by atoms with Crippen molar-refractivity contribution in [1.29, 1.82) is 0 Å². The molecule has 0 aliphatic carbocycles. The zero-order chi connectivity index (χ0) is 13.1. The first-order valence-corrected chi connectivity index (χ1v) is 6.19. The number of nitrogens with zero attached hydrogens (tertiary/aromatic N) is 1. The number of benzene rings is 1. The van der Waals surface area contributed by atoms with Gasteiger partial charge in [-0.3, -0.25) is 5.10 Å². The largest absolute Gasteiger partial charge is 0.331 e. The van der Waals surface area contributed by atoms with Gasteiger partial charge in [-0.15, -0.1) is 0 Å². The van der Waals surface area contributed by atoms with Gasteiger partial charge in [-0.25, -0.2) is 0 Å². The molecule has 0 amide bonds. The molecule has 0 saturated heterocycles. The fraction of sp³-hybridized carbons (Fsp3) is 0.167. The van der Waals surface area contributed by atoms with Crippen molar-refractivity contribution in [3.05, 3.63) is 40.5 Å². The predicted octanol–water partition coefficient (Wildman–Crippen LogP) is 3.49. The van der Waals surface area contributed by atoms with Crippen LogP contribution in [0, 0.1) is 13.8 Å². The van der Waals surface area contributed by atoms with Gasteiger partial charge in [0, 0.05) is 11.8 Å². The Bertz CT molecular complexity index is 579. The van der Waals surface area contributed by atoms with E-state index < -0.39 is 0 Å². The molecule has 1 aromatic heterocycles. The summed E-state index contributed by atoms with van der Waals surface area (Å²) >= 11 is 11.3. The molecule has 0 atom stereocenters. The van der Waals surface area contributed by atoms with E-state index in [1.807, 2.05) is 38.1 Å². The molecule has 0 unspecified atom stereocenters. The van der Waals surface area contributed by atoms with Crippen molar-refractivity contribution in [2.45, 2.75) is 13.8 Å². The number of hydrogen-bond acceptors (Lipinski definition) is 2. The smallest absolute Gasteiger partial charge is 0.176 e. The third kappa shape index (κ3) is 3.21.